The zero-order chi connectivity index (χ0) is 17.5. The molecule has 0 aliphatic heterocycles. The standard InChI is InChI=1S/C17H20FN3O3/c1-23-11-7-8-16(24-2)14(9-11)21-17(19)20-10-15(22)12-5-3-4-6-13(12)18/h3-9,15,22H,10H2,1-2H3,(H3,19,20,21). The van der Waals surface area contributed by atoms with Crippen LogP contribution in [0.1, 0.15) is 11.7 Å². The van der Waals surface area contributed by atoms with E-state index in [0.717, 1.165) is 0 Å². The number of nitrogens with zero attached hydrogens (tertiary/aromatic N) is 1. The molecule has 0 heterocycles. The number of anilines is 1. The smallest absolute Gasteiger partial charge is 0.193 e. The van der Waals surface area contributed by atoms with Crippen molar-refractivity contribution in [3.05, 3.63) is 53.8 Å². The summed E-state index contributed by atoms with van der Waals surface area (Å²) in [6, 6.07) is 11.2. The first-order valence-electron chi connectivity index (χ1n) is 7.26. The van der Waals surface area contributed by atoms with Gasteiger partial charge >= 0.3 is 0 Å². The molecule has 0 amide bonds. The maximum atomic E-state index is 13.6. The van der Waals surface area contributed by atoms with Crippen LogP contribution in [0.2, 0.25) is 0 Å². The van der Waals surface area contributed by atoms with E-state index in [1.165, 1.54) is 19.2 Å². The molecule has 0 saturated carbocycles. The third-order valence-electron chi connectivity index (χ3n) is 3.37. The van der Waals surface area contributed by atoms with Crippen molar-refractivity contribution in [1.29, 1.82) is 0 Å². The van der Waals surface area contributed by atoms with E-state index < -0.39 is 11.9 Å². The topological polar surface area (TPSA) is 89.1 Å². The molecule has 6 nitrogen and oxygen atoms in total. The number of rotatable bonds is 6. The van der Waals surface area contributed by atoms with Gasteiger partial charge in [0.1, 0.15) is 23.4 Å². The summed E-state index contributed by atoms with van der Waals surface area (Å²) in [6.07, 6.45) is -1.08. The molecular weight excluding hydrogens is 313 g/mol. The molecule has 24 heavy (non-hydrogen) atoms. The van der Waals surface area contributed by atoms with Gasteiger partial charge in [0, 0.05) is 11.6 Å². The normalized spacial score (nSPS) is 12.6. The quantitative estimate of drug-likeness (QED) is 0.557. The van der Waals surface area contributed by atoms with Crippen molar-refractivity contribution in [2.24, 2.45) is 10.7 Å². The Morgan fingerprint density at radius 3 is 2.67 bits per heavy atom. The Kier molecular flexibility index (Phi) is 5.97. The first-order valence-corrected chi connectivity index (χ1v) is 7.26. The number of guanidine groups is 1. The van der Waals surface area contributed by atoms with Crippen molar-refractivity contribution >= 4 is 11.6 Å². The Balaban J connectivity index is 2.08. The van der Waals surface area contributed by atoms with E-state index in [2.05, 4.69) is 10.3 Å². The van der Waals surface area contributed by atoms with E-state index >= 15 is 0 Å². The van der Waals surface area contributed by atoms with Gasteiger partial charge in [-0.25, -0.2) is 4.39 Å². The van der Waals surface area contributed by atoms with E-state index in [0.29, 0.717) is 17.2 Å². The van der Waals surface area contributed by atoms with Crippen molar-refractivity contribution in [2.75, 3.05) is 26.1 Å². The van der Waals surface area contributed by atoms with Crippen molar-refractivity contribution in [3.8, 4) is 11.5 Å². The number of hydrogen-bond acceptors (Lipinski definition) is 4. The van der Waals surface area contributed by atoms with Gasteiger partial charge in [0.15, 0.2) is 5.96 Å². The summed E-state index contributed by atoms with van der Waals surface area (Å²) in [7, 11) is 3.08. The first kappa shape index (κ1) is 17.6. The Morgan fingerprint density at radius 1 is 1.25 bits per heavy atom. The van der Waals surface area contributed by atoms with Crippen LogP contribution < -0.4 is 20.5 Å². The molecule has 1 unspecified atom stereocenters. The average molecular weight is 333 g/mol. The van der Waals surface area contributed by atoms with E-state index in [1.54, 1.807) is 37.4 Å². The minimum Gasteiger partial charge on any atom is -0.497 e. The van der Waals surface area contributed by atoms with Crippen LogP contribution in [-0.4, -0.2) is 31.8 Å². The molecule has 0 saturated heterocycles. The first-order chi connectivity index (χ1) is 11.5. The second-order valence-electron chi connectivity index (χ2n) is 4.95. The van der Waals surface area contributed by atoms with E-state index in [4.69, 9.17) is 15.2 Å². The number of ether oxygens (including phenoxy) is 2. The highest BCUT2D eigenvalue weighted by Gasteiger charge is 2.12. The molecule has 1 atom stereocenters. The van der Waals surface area contributed by atoms with Crippen LogP contribution in [0.4, 0.5) is 10.1 Å². The van der Waals surface area contributed by atoms with Crippen LogP contribution in [0.25, 0.3) is 0 Å². The minimum atomic E-state index is -1.08. The molecule has 0 aliphatic carbocycles. The molecule has 2 aromatic carbocycles. The van der Waals surface area contributed by atoms with Gasteiger partial charge in [0.25, 0.3) is 0 Å². The zero-order valence-electron chi connectivity index (χ0n) is 13.5. The van der Waals surface area contributed by atoms with E-state index in [9.17, 15) is 9.50 Å². The van der Waals surface area contributed by atoms with Gasteiger partial charge in [0.05, 0.1) is 26.5 Å². The van der Waals surface area contributed by atoms with Gasteiger partial charge in [-0.15, -0.1) is 0 Å². The van der Waals surface area contributed by atoms with Crippen molar-refractivity contribution in [3.63, 3.8) is 0 Å². The van der Waals surface area contributed by atoms with Crippen molar-refractivity contribution < 1.29 is 19.0 Å². The Bertz CT molecular complexity index is 722. The molecule has 0 spiro atoms. The Hall–Kier alpha value is -2.80. The number of methoxy groups -OCH3 is 2. The monoisotopic (exact) mass is 333 g/mol. The average Bonchev–Trinajstić information content (AvgIpc) is 2.60. The van der Waals surface area contributed by atoms with Gasteiger partial charge in [-0.05, 0) is 18.2 Å². The third kappa shape index (κ3) is 4.36. The molecule has 2 rings (SSSR count). The maximum absolute atomic E-state index is 13.6. The van der Waals surface area contributed by atoms with Gasteiger partial charge in [0.2, 0.25) is 0 Å². The SMILES string of the molecule is COc1ccc(OC)c(NC(N)=NCC(O)c2ccccc2F)c1. The number of nitrogens with one attached hydrogen (secondary N) is 1. The number of nitrogens with two attached hydrogens (primary N) is 1. The van der Waals surface area contributed by atoms with Crippen molar-refractivity contribution in [1.82, 2.24) is 0 Å². The van der Waals surface area contributed by atoms with E-state index in [1.807, 2.05) is 0 Å². The summed E-state index contributed by atoms with van der Waals surface area (Å²) in [5, 5.41) is 12.9. The summed E-state index contributed by atoms with van der Waals surface area (Å²) in [4.78, 5) is 4.04. The second kappa shape index (κ2) is 8.16. The fraction of sp³-hybridized carbons (Fsp3) is 0.235. The molecule has 0 fully saturated rings. The number of aliphatic hydroxyl groups is 1. The molecule has 0 radical (unpaired) electrons. The maximum Gasteiger partial charge on any atom is 0.193 e. The Labute approximate surface area is 139 Å². The number of benzene rings is 2. The molecule has 0 aliphatic rings. The highest BCUT2D eigenvalue weighted by atomic mass is 19.1. The molecule has 4 N–H and O–H groups in total. The summed E-state index contributed by atoms with van der Waals surface area (Å²) in [5.74, 6) is 0.763. The molecule has 2 aromatic rings. The predicted molar refractivity (Wildman–Crippen MR) is 91.0 cm³/mol. The summed E-state index contributed by atoms with van der Waals surface area (Å²) >= 11 is 0. The lowest BCUT2D eigenvalue weighted by atomic mass is 10.1. The largest absolute Gasteiger partial charge is 0.497 e. The zero-order valence-corrected chi connectivity index (χ0v) is 13.5. The van der Waals surface area contributed by atoms with Gasteiger partial charge in [-0.1, -0.05) is 18.2 Å². The summed E-state index contributed by atoms with van der Waals surface area (Å²) < 4.78 is 24.0. The lowest BCUT2D eigenvalue weighted by Crippen LogP contribution is -2.24. The molecule has 128 valence electrons. The van der Waals surface area contributed by atoms with Gasteiger partial charge < -0.3 is 25.6 Å². The number of aliphatic imine (C=N–C) groups is 1. The highest BCUT2D eigenvalue weighted by Crippen LogP contribution is 2.28. The lowest BCUT2D eigenvalue weighted by molar-refractivity contribution is 0.182. The van der Waals surface area contributed by atoms with Crippen LogP contribution in [0.5, 0.6) is 11.5 Å². The van der Waals surface area contributed by atoms with Crippen LogP contribution in [0, 0.1) is 5.82 Å². The molecule has 0 bridgehead atoms. The number of hydrogen-bond donors (Lipinski definition) is 3. The fourth-order valence-corrected chi connectivity index (χ4v) is 2.12. The van der Waals surface area contributed by atoms with Crippen LogP contribution >= 0.6 is 0 Å². The van der Waals surface area contributed by atoms with E-state index in [-0.39, 0.29) is 18.1 Å². The van der Waals surface area contributed by atoms with Crippen molar-refractivity contribution in [2.45, 2.75) is 6.10 Å². The summed E-state index contributed by atoms with van der Waals surface area (Å²) in [5.41, 5.74) is 6.57. The Morgan fingerprint density at radius 2 is 2.00 bits per heavy atom. The summed E-state index contributed by atoms with van der Waals surface area (Å²) in [6.45, 7) is -0.0773. The lowest BCUT2D eigenvalue weighted by Gasteiger charge is -2.13. The third-order valence-corrected chi connectivity index (χ3v) is 3.37. The second-order valence-corrected chi connectivity index (χ2v) is 4.95. The number of halogens is 1. The van der Waals surface area contributed by atoms with Crippen LogP contribution in [-0.2, 0) is 0 Å². The van der Waals surface area contributed by atoms with Crippen LogP contribution in [0.3, 0.4) is 0 Å². The van der Waals surface area contributed by atoms with Gasteiger partial charge in [-0.2, -0.15) is 0 Å². The fourth-order valence-electron chi connectivity index (χ4n) is 2.12. The number of aliphatic hydroxyl groups excluding tert-OH is 1. The molecular formula is C17H20FN3O3. The predicted octanol–water partition coefficient (Wildman–Crippen LogP) is 2.30. The minimum absolute atomic E-state index is 0.0666. The van der Waals surface area contributed by atoms with Crippen LogP contribution in [0.15, 0.2) is 47.5 Å². The van der Waals surface area contributed by atoms with Gasteiger partial charge in [-0.3, -0.25) is 4.99 Å². The molecule has 7 heteroatoms. The molecule has 0 aromatic heterocycles. The highest BCUT2D eigenvalue weighted by molar-refractivity contribution is 5.94.